The van der Waals surface area contributed by atoms with Crippen molar-refractivity contribution < 1.29 is 23.9 Å². The molecule has 186 valence electrons. The maximum atomic E-state index is 13.8. The molecule has 2 saturated carbocycles. The lowest BCUT2D eigenvalue weighted by Crippen LogP contribution is -2.68. The highest BCUT2D eigenvalue weighted by atomic mass is 16.6. The second kappa shape index (κ2) is 9.90. The first-order valence-corrected chi connectivity index (χ1v) is 13.4. The van der Waals surface area contributed by atoms with Crippen molar-refractivity contribution in [2.75, 3.05) is 25.0 Å². The van der Waals surface area contributed by atoms with Crippen LogP contribution in [0.4, 0.5) is 10.6 Å². The lowest BCUT2D eigenvalue weighted by atomic mass is 9.66. The van der Waals surface area contributed by atoms with Crippen LogP contribution in [0.5, 0.6) is 0 Å². The molecule has 2 N–H and O–H groups in total. The molecule has 2 bridgehead atoms. The lowest BCUT2D eigenvalue weighted by molar-refractivity contribution is -0.869. The van der Waals surface area contributed by atoms with E-state index in [-0.39, 0.29) is 34.4 Å². The fraction of sp³-hybridized carbons (Fsp3) is 0.769. The molecule has 0 unspecified atom stereocenters. The van der Waals surface area contributed by atoms with E-state index >= 15 is 0 Å². The van der Waals surface area contributed by atoms with E-state index in [1.807, 2.05) is 0 Å². The molecule has 0 spiro atoms. The molecule has 1 aromatic rings. The third-order valence-electron chi connectivity index (χ3n) is 9.19. The predicted molar refractivity (Wildman–Crippen MR) is 127 cm³/mol. The van der Waals surface area contributed by atoms with Crippen LogP contribution in [-0.4, -0.2) is 63.1 Å². The fourth-order valence-electron chi connectivity index (χ4n) is 7.13. The van der Waals surface area contributed by atoms with E-state index in [1.165, 1.54) is 12.8 Å². The number of esters is 1. The number of quaternary nitrogens is 1. The number of carbonyl (C=O) groups is 2. The van der Waals surface area contributed by atoms with Crippen LogP contribution in [-0.2, 0) is 9.53 Å². The normalized spacial score (nSPS) is 30.6. The minimum Gasteiger partial charge on any atom is -0.454 e. The summed E-state index contributed by atoms with van der Waals surface area (Å²) >= 11 is 0. The highest BCUT2D eigenvalue weighted by molar-refractivity contribution is 5.83. The number of piperidine rings is 3. The van der Waals surface area contributed by atoms with Crippen molar-refractivity contribution in [1.82, 2.24) is 10.2 Å². The molecule has 2 amide bonds. The van der Waals surface area contributed by atoms with Gasteiger partial charge in [-0.3, -0.25) is 5.32 Å². The Bertz CT molecular complexity index is 841. The van der Waals surface area contributed by atoms with Gasteiger partial charge in [-0.15, -0.1) is 5.10 Å². The molecule has 3 saturated heterocycles. The topological polar surface area (TPSA) is 101 Å². The summed E-state index contributed by atoms with van der Waals surface area (Å²) in [6.45, 7) is 1.94. The number of aromatic nitrogens is 2. The largest absolute Gasteiger partial charge is 0.454 e. The van der Waals surface area contributed by atoms with Crippen LogP contribution in [0.3, 0.4) is 0 Å². The van der Waals surface area contributed by atoms with Crippen LogP contribution in [0.15, 0.2) is 18.3 Å². The summed E-state index contributed by atoms with van der Waals surface area (Å²) in [5, 5.41) is 22.8. The first kappa shape index (κ1) is 23.7. The molecule has 4 heterocycles. The van der Waals surface area contributed by atoms with Crippen LogP contribution in [0.25, 0.3) is 0 Å². The van der Waals surface area contributed by atoms with Crippen LogP contribution >= 0.6 is 0 Å². The summed E-state index contributed by atoms with van der Waals surface area (Å²) in [5.74, 6) is 0.250. The number of aliphatic hydroxyl groups is 1. The molecule has 8 heteroatoms. The Hall–Kier alpha value is -2.06. The Morgan fingerprint density at radius 1 is 0.971 bits per heavy atom. The number of urea groups is 1. The quantitative estimate of drug-likeness (QED) is 0.496. The molecule has 6 rings (SSSR count). The summed E-state index contributed by atoms with van der Waals surface area (Å²) in [4.78, 5) is 27.0. The first-order chi connectivity index (χ1) is 16.5. The molecule has 1 aromatic heterocycles. The first-order valence-electron chi connectivity index (χ1n) is 13.4. The van der Waals surface area contributed by atoms with E-state index in [1.54, 1.807) is 18.3 Å². The molecule has 5 aliphatic rings. The van der Waals surface area contributed by atoms with E-state index in [2.05, 4.69) is 15.5 Å². The number of hydrogen-bond acceptors (Lipinski definition) is 6. The van der Waals surface area contributed by atoms with Crippen LogP contribution < -0.4 is 5.32 Å². The van der Waals surface area contributed by atoms with Crippen molar-refractivity contribution >= 4 is 17.8 Å². The van der Waals surface area contributed by atoms with Gasteiger partial charge in [-0.2, -0.15) is 5.10 Å². The number of hydrogen-bond donors (Lipinski definition) is 2. The Labute approximate surface area is 202 Å². The van der Waals surface area contributed by atoms with E-state index < -0.39 is 11.6 Å². The Kier molecular flexibility index (Phi) is 6.89. The summed E-state index contributed by atoms with van der Waals surface area (Å²) in [6, 6.07) is 3.35. The predicted octanol–water partition coefficient (Wildman–Crippen LogP) is 4.05. The number of anilines is 1. The van der Waals surface area contributed by atoms with Gasteiger partial charge in [0, 0.05) is 25.0 Å². The average Bonchev–Trinajstić information content (AvgIpc) is 2.90. The summed E-state index contributed by atoms with van der Waals surface area (Å²) in [7, 11) is 0. The van der Waals surface area contributed by atoms with Gasteiger partial charge in [0.2, 0.25) is 0 Å². The zero-order valence-corrected chi connectivity index (χ0v) is 20.2. The van der Waals surface area contributed by atoms with Crippen molar-refractivity contribution in [3.63, 3.8) is 0 Å². The van der Waals surface area contributed by atoms with Gasteiger partial charge in [-0.05, 0) is 49.7 Å². The molecular weight excluding hydrogens is 432 g/mol. The summed E-state index contributed by atoms with van der Waals surface area (Å²) in [6.07, 6.45) is 13.2. The van der Waals surface area contributed by atoms with Gasteiger partial charge in [-0.1, -0.05) is 38.5 Å². The number of nitrogens with one attached hydrogen (secondary N) is 1. The molecule has 1 atom stereocenters. The third kappa shape index (κ3) is 4.47. The van der Waals surface area contributed by atoms with Gasteiger partial charge in [0.05, 0.1) is 13.1 Å². The van der Waals surface area contributed by atoms with Crippen molar-refractivity contribution in [2.45, 2.75) is 88.8 Å². The number of carbonyl (C=O) groups excluding carboxylic acids is 2. The van der Waals surface area contributed by atoms with Gasteiger partial charge in [-0.25, -0.2) is 14.1 Å². The average molecular weight is 472 g/mol. The molecule has 34 heavy (non-hydrogen) atoms. The monoisotopic (exact) mass is 471 g/mol. The molecule has 0 radical (unpaired) electrons. The van der Waals surface area contributed by atoms with Gasteiger partial charge in [0.25, 0.3) is 0 Å². The summed E-state index contributed by atoms with van der Waals surface area (Å²) in [5.41, 5.74) is -1.39. The van der Waals surface area contributed by atoms with E-state index in [0.717, 1.165) is 77.3 Å². The second-order valence-electron chi connectivity index (χ2n) is 11.1. The second-order valence-corrected chi connectivity index (χ2v) is 11.1. The Morgan fingerprint density at radius 2 is 1.59 bits per heavy atom. The Balaban J connectivity index is 1.32. The van der Waals surface area contributed by atoms with Crippen molar-refractivity contribution in [3.8, 4) is 0 Å². The van der Waals surface area contributed by atoms with Crippen molar-refractivity contribution in [2.24, 2.45) is 17.8 Å². The van der Waals surface area contributed by atoms with Crippen molar-refractivity contribution in [1.29, 1.82) is 0 Å². The zero-order valence-electron chi connectivity index (χ0n) is 20.2. The molecule has 0 aromatic carbocycles. The number of amides is 2. The standard InChI is InChI=1S/C26H38N4O4/c31-24(26(33,20-8-3-1-4-9-20)21-10-5-2-6-11-21)34-22-18-30(16-13-19(22)14-17-30)25(32)28-23-12-7-15-27-29-23/h7,12,15,19-22,33H,1-6,8-11,13-14,16-18H2/p+1/t19?,22-,30?/m0/s1. The highest BCUT2D eigenvalue weighted by Gasteiger charge is 2.56. The third-order valence-corrected chi connectivity index (χ3v) is 9.19. The minimum absolute atomic E-state index is 0.0129. The number of rotatable bonds is 5. The van der Waals surface area contributed by atoms with E-state index in [4.69, 9.17) is 4.74 Å². The van der Waals surface area contributed by atoms with Crippen LogP contribution in [0.1, 0.15) is 77.0 Å². The zero-order chi connectivity index (χ0) is 23.6. The van der Waals surface area contributed by atoms with Crippen molar-refractivity contribution in [3.05, 3.63) is 18.3 Å². The molecule has 3 aliphatic heterocycles. The fourth-order valence-corrected chi connectivity index (χ4v) is 7.13. The van der Waals surface area contributed by atoms with Gasteiger partial charge in [0.15, 0.2) is 17.5 Å². The maximum absolute atomic E-state index is 13.8. The maximum Gasteiger partial charge on any atom is 0.422 e. The Morgan fingerprint density at radius 3 is 2.15 bits per heavy atom. The van der Waals surface area contributed by atoms with Gasteiger partial charge in [0.1, 0.15) is 6.54 Å². The number of fused-ring (bicyclic) bond motifs is 3. The smallest absolute Gasteiger partial charge is 0.422 e. The van der Waals surface area contributed by atoms with Crippen LogP contribution in [0.2, 0.25) is 0 Å². The lowest BCUT2D eigenvalue weighted by Gasteiger charge is -2.50. The highest BCUT2D eigenvalue weighted by Crippen LogP contribution is 2.45. The molecule has 5 fully saturated rings. The number of nitrogens with zero attached hydrogens (tertiary/aromatic N) is 3. The van der Waals surface area contributed by atoms with Gasteiger partial charge >= 0.3 is 12.0 Å². The van der Waals surface area contributed by atoms with E-state index in [0.29, 0.717) is 12.4 Å². The van der Waals surface area contributed by atoms with E-state index in [9.17, 15) is 14.7 Å². The molecule has 2 aliphatic carbocycles. The SMILES string of the molecule is O=C(O[C@H]1C[N+]2(C(=O)Nc3cccnn3)CCC1CC2)C(O)(C1CCCCC1)C1CCCCC1. The van der Waals surface area contributed by atoms with Crippen LogP contribution in [0, 0.1) is 17.8 Å². The minimum atomic E-state index is -1.39. The summed E-state index contributed by atoms with van der Waals surface area (Å²) < 4.78 is 6.46. The molecule has 8 nitrogen and oxygen atoms in total. The number of ether oxygens (including phenoxy) is 1. The molecular formula is C26H39N4O4+. The van der Waals surface area contributed by atoms with Gasteiger partial charge < -0.3 is 9.84 Å².